The Morgan fingerprint density at radius 1 is 1.08 bits per heavy atom. The van der Waals surface area contributed by atoms with Gasteiger partial charge in [-0.3, -0.25) is 10.8 Å². The number of hydrogen-bond donors (Lipinski definition) is 2. The first-order chi connectivity index (χ1) is 12.7. The summed E-state index contributed by atoms with van der Waals surface area (Å²) in [5.74, 6) is 8.40. The Kier molecular flexibility index (Phi) is 6.03. The van der Waals surface area contributed by atoms with Crippen molar-refractivity contribution in [3.05, 3.63) is 53.6 Å². The summed E-state index contributed by atoms with van der Waals surface area (Å²) >= 11 is 1.78. The van der Waals surface area contributed by atoms with Gasteiger partial charge in [-0.1, -0.05) is 30.3 Å². The second-order valence-corrected chi connectivity index (χ2v) is 6.82. The predicted octanol–water partition coefficient (Wildman–Crippen LogP) is 3.10. The lowest BCUT2D eigenvalue weighted by molar-refractivity contribution is 0.323. The Labute approximate surface area is 157 Å². The standard InChI is InChI=1S/C19H23N3O3S/c1-23-15-9-13(10-16(24-2)18(15)25-3)17(22-20)14-11-26-19(21-14)12-7-5-4-6-8-12/h4-10,17,19,22H,11,20H2,1-3H3. The minimum atomic E-state index is -0.232. The van der Waals surface area contributed by atoms with Crippen molar-refractivity contribution in [2.45, 2.75) is 11.4 Å². The Hall–Kier alpha value is -2.22. The fourth-order valence-corrected chi connectivity index (χ4v) is 4.12. The van der Waals surface area contributed by atoms with Gasteiger partial charge in [-0.15, -0.1) is 11.8 Å². The van der Waals surface area contributed by atoms with Gasteiger partial charge in [0, 0.05) is 11.5 Å². The van der Waals surface area contributed by atoms with Gasteiger partial charge in [-0.2, -0.15) is 0 Å². The monoisotopic (exact) mass is 373 g/mol. The molecule has 0 saturated carbocycles. The van der Waals surface area contributed by atoms with Crippen LogP contribution in [0, 0.1) is 0 Å². The van der Waals surface area contributed by atoms with Gasteiger partial charge in [0.2, 0.25) is 5.75 Å². The van der Waals surface area contributed by atoms with Crippen LogP contribution in [0.1, 0.15) is 22.5 Å². The Morgan fingerprint density at radius 3 is 2.27 bits per heavy atom. The van der Waals surface area contributed by atoms with Crippen molar-refractivity contribution >= 4 is 17.5 Å². The largest absolute Gasteiger partial charge is 0.493 e. The maximum absolute atomic E-state index is 5.87. The number of benzene rings is 2. The third-order valence-corrected chi connectivity index (χ3v) is 5.43. The molecule has 3 N–H and O–H groups in total. The molecule has 0 aromatic heterocycles. The molecule has 0 fully saturated rings. The van der Waals surface area contributed by atoms with Gasteiger partial charge < -0.3 is 14.2 Å². The maximum atomic E-state index is 5.87. The molecule has 1 aliphatic rings. The number of hydrazine groups is 1. The molecule has 3 rings (SSSR count). The summed E-state index contributed by atoms with van der Waals surface area (Å²) in [5, 5.41) is 0.0871. The van der Waals surface area contributed by atoms with Crippen LogP contribution >= 0.6 is 11.8 Å². The molecule has 1 aliphatic heterocycles. The van der Waals surface area contributed by atoms with E-state index in [0.29, 0.717) is 17.2 Å². The van der Waals surface area contributed by atoms with Gasteiger partial charge in [0.15, 0.2) is 11.5 Å². The highest BCUT2D eigenvalue weighted by Crippen LogP contribution is 2.42. The van der Waals surface area contributed by atoms with Crippen LogP contribution in [-0.4, -0.2) is 32.8 Å². The number of ether oxygens (including phenoxy) is 3. The normalized spacial score (nSPS) is 17.5. The van der Waals surface area contributed by atoms with E-state index in [4.69, 9.17) is 25.0 Å². The summed E-state index contributed by atoms with van der Waals surface area (Å²) in [5.41, 5.74) is 5.96. The van der Waals surface area contributed by atoms with Crippen LogP contribution in [0.2, 0.25) is 0 Å². The molecule has 0 bridgehead atoms. The van der Waals surface area contributed by atoms with Crippen LogP contribution in [0.5, 0.6) is 17.2 Å². The van der Waals surface area contributed by atoms with E-state index < -0.39 is 0 Å². The molecule has 0 amide bonds. The van der Waals surface area contributed by atoms with Crippen molar-refractivity contribution in [1.29, 1.82) is 0 Å². The number of methoxy groups -OCH3 is 3. The van der Waals surface area contributed by atoms with Gasteiger partial charge in [0.1, 0.15) is 5.37 Å². The predicted molar refractivity (Wildman–Crippen MR) is 105 cm³/mol. The number of rotatable bonds is 7. The highest BCUT2D eigenvalue weighted by Gasteiger charge is 2.27. The molecule has 0 aliphatic carbocycles. The second kappa shape index (κ2) is 8.44. The topological polar surface area (TPSA) is 78.1 Å². The third-order valence-electron chi connectivity index (χ3n) is 4.28. The van der Waals surface area contributed by atoms with Crippen LogP contribution < -0.4 is 25.5 Å². The van der Waals surface area contributed by atoms with Gasteiger partial charge in [0.25, 0.3) is 0 Å². The molecule has 2 aromatic carbocycles. The Balaban J connectivity index is 1.94. The van der Waals surface area contributed by atoms with Crippen LogP contribution in [-0.2, 0) is 0 Å². The summed E-state index contributed by atoms with van der Waals surface area (Å²) in [6.07, 6.45) is 0. The van der Waals surface area contributed by atoms with E-state index in [-0.39, 0.29) is 11.4 Å². The smallest absolute Gasteiger partial charge is 0.203 e. The highest BCUT2D eigenvalue weighted by atomic mass is 32.2. The number of nitrogens with one attached hydrogen (secondary N) is 1. The summed E-state index contributed by atoms with van der Waals surface area (Å²) in [4.78, 5) is 4.88. The molecule has 138 valence electrons. The van der Waals surface area contributed by atoms with Crippen LogP contribution in [0.15, 0.2) is 47.5 Å². The van der Waals surface area contributed by atoms with Crippen molar-refractivity contribution < 1.29 is 14.2 Å². The zero-order chi connectivity index (χ0) is 18.5. The lowest BCUT2D eigenvalue weighted by atomic mass is 10.0. The van der Waals surface area contributed by atoms with Gasteiger partial charge in [-0.25, -0.2) is 5.43 Å². The van der Waals surface area contributed by atoms with Crippen LogP contribution in [0.3, 0.4) is 0 Å². The average Bonchev–Trinajstić information content (AvgIpc) is 3.18. The van der Waals surface area contributed by atoms with E-state index in [9.17, 15) is 0 Å². The van der Waals surface area contributed by atoms with Gasteiger partial charge in [-0.05, 0) is 23.3 Å². The number of thioether (sulfide) groups is 1. The highest BCUT2D eigenvalue weighted by molar-refractivity contribution is 8.00. The number of hydrogen-bond acceptors (Lipinski definition) is 7. The van der Waals surface area contributed by atoms with Gasteiger partial charge >= 0.3 is 0 Å². The molecule has 26 heavy (non-hydrogen) atoms. The molecule has 2 atom stereocenters. The molecule has 0 spiro atoms. The van der Waals surface area contributed by atoms with Gasteiger partial charge in [0.05, 0.1) is 27.4 Å². The van der Waals surface area contributed by atoms with Crippen molar-refractivity contribution in [3.8, 4) is 17.2 Å². The first-order valence-corrected chi connectivity index (χ1v) is 9.25. The Bertz CT molecular complexity index is 758. The number of nitrogens with two attached hydrogens (primary N) is 1. The molecular weight excluding hydrogens is 350 g/mol. The maximum Gasteiger partial charge on any atom is 0.203 e. The van der Waals surface area contributed by atoms with Crippen LogP contribution in [0.25, 0.3) is 0 Å². The molecule has 0 saturated heterocycles. The van der Waals surface area contributed by atoms with Crippen LogP contribution in [0.4, 0.5) is 0 Å². The van der Waals surface area contributed by atoms with Crippen molar-refractivity contribution in [3.63, 3.8) is 0 Å². The lowest BCUT2D eigenvalue weighted by Crippen LogP contribution is -2.34. The minimum absolute atomic E-state index is 0.0871. The SMILES string of the molecule is COc1cc(C(NN)C2=NC(c3ccccc3)SC2)cc(OC)c1OC. The number of nitrogens with zero attached hydrogens (tertiary/aromatic N) is 1. The van der Waals surface area contributed by atoms with E-state index in [1.165, 1.54) is 5.56 Å². The van der Waals surface area contributed by atoms with E-state index in [2.05, 4.69) is 17.6 Å². The molecule has 2 unspecified atom stereocenters. The number of aliphatic imine (C=N–C) groups is 1. The minimum Gasteiger partial charge on any atom is -0.493 e. The third kappa shape index (κ3) is 3.65. The fourth-order valence-electron chi connectivity index (χ4n) is 2.99. The zero-order valence-corrected chi connectivity index (χ0v) is 15.9. The summed E-state index contributed by atoms with van der Waals surface area (Å²) in [7, 11) is 4.78. The molecule has 0 radical (unpaired) electrons. The van der Waals surface area contributed by atoms with E-state index >= 15 is 0 Å². The van der Waals surface area contributed by atoms with E-state index in [1.807, 2.05) is 30.3 Å². The molecule has 1 heterocycles. The first-order valence-electron chi connectivity index (χ1n) is 8.21. The summed E-state index contributed by atoms with van der Waals surface area (Å²) in [6, 6.07) is 13.8. The fraction of sp³-hybridized carbons (Fsp3) is 0.316. The lowest BCUT2D eigenvalue weighted by Gasteiger charge is -2.20. The average molecular weight is 373 g/mol. The molecule has 6 nitrogen and oxygen atoms in total. The van der Waals surface area contributed by atoms with Crippen molar-refractivity contribution in [2.75, 3.05) is 27.1 Å². The van der Waals surface area contributed by atoms with Crippen molar-refractivity contribution in [2.24, 2.45) is 10.8 Å². The second-order valence-electron chi connectivity index (χ2n) is 5.75. The quantitative estimate of drug-likeness (QED) is 0.574. The molecular formula is C19H23N3O3S. The van der Waals surface area contributed by atoms with E-state index in [1.54, 1.807) is 33.1 Å². The molecule has 2 aromatic rings. The Morgan fingerprint density at radius 2 is 1.73 bits per heavy atom. The summed E-state index contributed by atoms with van der Waals surface area (Å²) in [6.45, 7) is 0. The zero-order valence-electron chi connectivity index (χ0n) is 15.1. The van der Waals surface area contributed by atoms with E-state index in [0.717, 1.165) is 17.0 Å². The summed E-state index contributed by atoms with van der Waals surface area (Å²) < 4.78 is 16.3. The van der Waals surface area contributed by atoms with Crippen molar-refractivity contribution in [1.82, 2.24) is 5.43 Å². The first kappa shape index (κ1) is 18.6. The molecule has 7 heteroatoms.